The summed E-state index contributed by atoms with van der Waals surface area (Å²) < 4.78 is 6.16. The third-order valence-corrected chi connectivity index (χ3v) is 3.66. The lowest BCUT2D eigenvalue weighted by atomic mass is 10.3. The maximum atomic E-state index is 11.7. The van der Waals surface area contributed by atoms with Crippen LogP contribution in [-0.4, -0.2) is 54.9 Å². The molecule has 1 aromatic rings. The molecular formula is C13H17BrN4O4. The van der Waals surface area contributed by atoms with Crippen LogP contribution in [0.5, 0.6) is 0 Å². The first-order valence-corrected chi connectivity index (χ1v) is 7.60. The minimum atomic E-state index is -0.961. The third-order valence-electron chi connectivity index (χ3n) is 3.05. The Kier molecular flexibility index (Phi) is 5.96. The summed E-state index contributed by atoms with van der Waals surface area (Å²) in [5, 5.41) is 13.6. The average molecular weight is 373 g/mol. The fraction of sp³-hybridized carbons (Fsp3) is 0.462. The van der Waals surface area contributed by atoms with Gasteiger partial charge in [0.1, 0.15) is 5.82 Å². The fourth-order valence-electron chi connectivity index (χ4n) is 1.99. The van der Waals surface area contributed by atoms with Gasteiger partial charge in [0.25, 0.3) is 0 Å². The Balaban J connectivity index is 1.96. The number of rotatable bonds is 5. The summed E-state index contributed by atoms with van der Waals surface area (Å²) in [7, 11) is 0. The van der Waals surface area contributed by atoms with Gasteiger partial charge >= 0.3 is 12.0 Å². The van der Waals surface area contributed by atoms with Gasteiger partial charge in [0.05, 0.1) is 29.8 Å². The quantitative estimate of drug-likeness (QED) is 0.719. The summed E-state index contributed by atoms with van der Waals surface area (Å²) in [6.07, 6.45) is 1.50. The Morgan fingerprint density at radius 1 is 1.41 bits per heavy atom. The zero-order valence-corrected chi connectivity index (χ0v) is 13.4. The van der Waals surface area contributed by atoms with E-state index in [1.54, 1.807) is 12.3 Å². The van der Waals surface area contributed by atoms with E-state index in [2.05, 4.69) is 36.4 Å². The van der Waals surface area contributed by atoms with E-state index in [1.807, 2.05) is 0 Å². The van der Waals surface area contributed by atoms with Crippen LogP contribution in [0.4, 0.5) is 16.3 Å². The van der Waals surface area contributed by atoms with E-state index in [9.17, 15) is 9.59 Å². The summed E-state index contributed by atoms with van der Waals surface area (Å²) in [5.41, 5.74) is 0.930. The number of aromatic nitrogens is 1. The van der Waals surface area contributed by atoms with Crippen LogP contribution in [0.2, 0.25) is 0 Å². The van der Waals surface area contributed by atoms with E-state index in [0.717, 1.165) is 23.2 Å². The molecule has 1 fully saturated rings. The lowest BCUT2D eigenvalue weighted by molar-refractivity contribution is -0.136. The van der Waals surface area contributed by atoms with Crippen LogP contribution in [0.15, 0.2) is 16.7 Å². The Morgan fingerprint density at radius 2 is 2.14 bits per heavy atom. The zero-order chi connectivity index (χ0) is 15.9. The standard InChI is InChI=1S/C13H17BrN4O4/c14-9-8-16-11(17-13(21)15-2-1-12(19)20)7-10(9)18-3-5-22-6-4-18/h7-8H,1-6H2,(H,19,20)(H2,15,16,17,21). The number of carboxylic acids is 1. The van der Waals surface area contributed by atoms with Gasteiger partial charge in [0, 0.05) is 31.9 Å². The zero-order valence-electron chi connectivity index (χ0n) is 11.8. The molecule has 0 atom stereocenters. The second-order valence-electron chi connectivity index (χ2n) is 4.65. The molecule has 0 aromatic carbocycles. The molecule has 1 saturated heterocycles. The van der Waals surface area contributed by atoms with Crippen molar-refractivity contribution in [2.45, 2.75) is 6.42 Å². The highest BCUT2D eigenvalue weighted by atomic mass is 79.9. The van der Waals surface area contributed by atoms with Crippen LogP contribution in [0.25, 0.3) is 0 Å². The van der Waals surface area contributed by atoms with Crippen molar-refractivity contribution in [1.29, 1.82) is 0 Å². The molecule has 8 nitrogen and oxygen atoms in total. The first kappa shape index (κ1) is 16.5. The van der Waals surface area contributed by atoms with E-state index in [0.29, 0.717) is 19.0 Å². The van der Waals surface area contributed by atoms with Crippen molar-refractivity contribution in [2.24, 2.45) is 0 Å². The van der Waals surface area contributed by atoms with Gasteiger partial charge in [-0.3, -0.25) is 10.1 Å². The van der Waals surface area contributed by atoms with Gasteiger partial charge < -0.3 is 20.1 Å². The molecule has 1 aliphatic rings. The number of hydrogen-bond acceptors (Lipinski definition) is 5. The maximum absolute atomic E-state index is 11.7. The molecule has 0 unspecified atom stereocenters. The molecule has 2 rings (SSSR count). The Morgan fingerprint density at radius 3 is 2.82 bits per heavy atom. The smallest absolute Gasteiger partial charge is 0.320 e. The summed E-state index contributed by atoms with van der Waals surface area (Å²) in [6, 6.07) is 1.29. The van der Waals surface area contributed by atoms with Crippen LogP contribution in [0, 0.1) is 0 Å². The van der Waals surface area contributed by atoms with Crippen LogP contribution in [0.3, 0.4) is 0 Å². The highest BCUT2D eigenvalue weighted by Gasteiger charge is 2.15. The lowest BCUT2D eigenvalue weighted by Crippen LogP contribution is -2.36. The minimum Gasteiger partial charge on any atom is -0.481 e. The van der Waals surface area contributed by atoms with Crippen molar-refractivity contribution in [3.05, 3.63) is 16.7 Å². The number of carbonyl (C=O) groups excluding carboxylic acids is 1. The predicted molar refractivity (Wildman–Crippen MR) is 84.2 cm³/mol. The van der Waals surface area contributed by atoms with Crippen molar-refractivity contribution in [2.75, 3.05) is 43.1 Å². The van der Waals surface area contributed by atoms with E-state index >= 15 is 0 Å². The Labute approximate surface area is 136 Å². The molecule has 0 saturated carbocycles. The summed E-state index contributed by atoms with van der Waals surface area (Å²) in [4.78, 5) is 28.3. The molecule has 1 aliphatic heterocycles. The van der Waals surface area contributed by atoms with Crippen LogP contribution < -0.4 is 15.5 Å². The summed E-state index contributed by atoms with van der Waals surface area (Å²) in [6.45, 7) is 2.92. The molecule has 0 bridgehead atoms. The lowest BCUT2D eigenvalue weighted by Gasteiger charge is -2.29. The van der Waals surface area contributed by atoms with Crippen molar-refractivity contribution < 1.29 is 19.4 Å². The highest BCUT2D eigenvalue weighted by Crippen LogP contribution is 2.28. The SMILES string of the molecule is O=C(O)CCNC(=O)Nc1cc(N2CCOCC2)c(Br)cn1. The van der Waals surface area contributed by atoms with Gasteiger partial charge in [-0.05, 0) is 15.9 Å². The van der Waals surface area contributed by atoms with Gasteiger partial charge in [0.2, 0.25) is 0 Å². The molecule has 9 heteroatoms. The molecular weight excluding hydrogens is 356 g/mol. The second-order valence-corrected chi connectivity index (χ2v) is 5.50. The van der Waals surface area contributed by atoms with Gasteiger partial charge in [-0.15, -0.1) is 0 Å². The number of anilines is 2. The number of morpholine rings is 1. The van der Waals surface area contributed by atoms with Crippen molar-refractivity contribution in [3.8, 4) is 0 Å². The number of nitrogens with one attached hydrogen (secondary N) is 2. The number of pyridine rings is 1. The molecule has 3 N–H and O–H groups in total. The molecule has 22 heavy (non-hydrogen) atoms. The van der Waals surface area contributed by atoms with Crippen LogP contribution in [0.1, 0.15) is 6.42 Å². The number of carbonyl (C=O) groups is 2. The van der Waals surface area contributed by atoms with E-state index < -0.39 is 12.0 Å². The molecule has 120 valence electrons. The number of halogens is 1. The maximum Gasteiger partial charge on any atom is 0.320 e. The van der Waals surface area contributed by atoms with Crippen LogP contribution >= 0.6 is 15.9 Å². The molecule has 1 aromatic heterocycles. The van der Waals surface area contributed by atoms with Gasteiger partial charge in [-0.2, -0.15) is 0 Å². The van der Waals surface area contributed by atoms with Gasteiger partial charge in [-0.25, -0.2) is 9.78 Å². The largest absolute Gasteiger partial charge is 0.481 e. The summed E-state index contributed by atoms with van der Waals surface area (Å²) >= 11 is 3.45. The molecule has 2 heterocycles. The predicted octanol–water partition coefficient (Wildman–Crippen LogP) is 1.28. The highest BCUT2D eigenvalue weighted by molar-refractivity contribution is 9.10. The van der Waals surface area contributed by atoms with Crippen molar-refractivity contribution in [1.82, 2.24) is 10.3 Å². The Bertz CT molecular complexity index is 549. The Hall–Kier alpha value is -1.87. The number of aliphatic carboxylic acids is 1. The monoisotopic (exact) mass is 372 g/mol. The summed E-state index contributed by atoms with van der Waals surface area (Å²) in [5.74, 6) is -0.561. The molecule has 2 amide bonds. The average Bonchev–Trinajstić information content (AvgIpc) is 2.49. The minimum absolute atomic E-state index is 0.0635. The normalized spacial score (nSPS) is 14.5. The molecule has 0 spiro atoms. The number of carboxylic acid groups (broad SMARTS) is 1. The van der Waals surface area contributed by atoms with E-state index in [4.69, 9.17) is 9.84 Å². The molecule has 0 aliphatic carbocycles. The number of hydrogen-bond donors (Lipinski definition) is 3. The van der Waals surface area contributed by atoms with Crippen molar-refractivity contribution >= 4 is 39.4 Å². The van der Waals surface area contributed by atoms with Gasteiger partial charge in [-0.1, -0.05) is 0 Å². The number of amides is 2. The second kappa shape index (κ2) is 7.95. The first-order chi connectivity index (χ1) is 10.6. The first-order valence-electron chi connectivity index (χ1n) is 6.81. The fourth-order valence-corrected chi connectivity index (χ4v) is 2.45. The van der Waals surface area contributed by atoms with Crippen molar-refractivity contribution in [3.63, 3.8) is 0 Å². The number of nitrogens with zero attached hydrogens (tertiary/aromatic N) is 2. The van der Waals surface area contributed by atoms with Crippen LogP contribution in [-0.2, 0) is 9.53 Å². The van der Waals surface area contributed by atoms with E-state index in [1.165, 1.54) is 0 Å². The van der Waals surface area contributed by atoms with E-state index in [-0.39, 0.29) is 13.0 Å². The van der Waals surface area contributed by atoms with Gasteiger partial charge in [0.15, 0.2) is 0 Å². The number of ether oxygens (including phenoxy) is 1. The molecule has 0 radical (unpaired) electrons. The topological polar surface area (TPSA) is 104 Å². The third kappa shape index (κ3) is 4.85. The number of urea groups is 1.